The first-order valence-corrected chi connectivity index (χ1v) is 9.73. The Morgan fingerprint density at radius 2 is 2.21 bits per heavy atom. The number of hydrogen-bond acceptors (Lipinski definition) is 5. The highest BCUT2D eigenvalue weighted by Gasteiger charge is 2.25. The van der Waals surface area contributed by atoms with Crippen LogP contribution in [0.2, 0.25) is 5.02 Å². The van der Waals surface area contributed by atoms with Gasteiger partial charge < -0.3 is 14.6 Å². The zero-order chi connectivity index (χ0) is 19.8. The number of halogens is 1. The van der Waals surface area contributed by atoms with Crippen molar-refractivity contribution in [3.8, 4) is 6.07 Å². The molecule has 1 amide bonds. The number of nitrogens with zero attached hydrogens (tertiary/aromatic N) is 2. The molecule has 0 bridgehead atoms. The van der Waals surface area contributed by atoms with Gasteiger partial charge in [-0.1, -0.05) is 17.7 Å². The third kappa shape index (κ3) is 3.21. The Morgan fingerprint density at radius 3 is 2.96 bits per heavy atom. The minimum atomic E-state index is -0.191. The fourth-order valence-corrected chi connectivity index (χ4v) is 4.82. The van der Waals surface area contributed by atoms with Gasteiger partial charge in [0.25, 0.3) is 5.56 Å². The van der Waals surface area contributed by atoms with Crippen LogP contribution in [0.4, 0.5) is 11.4 Å². The molecule has 8 heteroatoms. The molecule has 0 unspecified atom stereocenters. The molecule has 1 aliphatic rings. The Balaban J connectivity index is 1.79. The summed E-state index contributed by atoms with van der Waals surface area (Å²) in [6, 6.07) is 11.1. The summed E-state index contributed by atoms with van der Waals surface area (Å²) in [5.74, 6) is -0.177. The molecule has 0 fully saturated rings. The number of nitriles is 1. The quantitative estimate of drug-likeness (QED) is 0.635. The van der Waals surface area contributed by atoms with Crippen molar-refractivity contribution in [2.45, 2.75) is 18.2 Å². The van der Waals surface area contributed by atoms with Crippen LogP contribution in [0.5, 0.6) is 0 Å². The monoisotopic (exact) mass is 410 g/mol. The Labute approximate surface area is 170 Å². The summed E-state index contributed by atoms with van der Waals surface area (Å²) in [6.45, 7) is 2.15. The Kier molecular flexibility index (Phi) is 4.75. The molecule has 3 aromatic rings. The molecule has 28 heavy (non-hydrogen) atoms. The number of benzene rings is 2. The predicted molar refractivity (Wildman–Crippen MR) is 112 cm³/mol. The third-order valence-electron chi connectivity index (χ3n) is 4.55. The van der Waals surface area contributed by atoms with E-state index in [2.05, 4.69) is 20.7 Å². The van der Waals surface area contributed by atoms with Crippen LogP contribution in [0.15, 0.2) is 46.2 Å². The van der Waals surface area contributed by atoms with Gasteiger partial charge in [0.1, 0.15) is 0 Å². The second-order valence-electron chi connectivity index (χ2n) is 6.40. The van der Waals surface area contributed by atoms with Crippen molar-refractivity contribution in [3.63, 3.8) is 0 Å². The summed E-state index contributed by atoms with van der Waals surface area (Å²) >= 11 is 7.82. The number of carbonyl (C=O) groups is 1. The van der Waals surface area contributed by atoms with Gasteiger partial charge in [0.2, 0.25) is 5.91 Å². The molecule has 6 nitrogen and oxygen atoms in total. The molecule has 4 rings (SSSR count). The van der Waals surface area contributed by atoms with Crippen LogP contribution in [0.3, 0.4) is 0 Å². The Bertz CT molecular complexity index is 1220. The SMILES string of the molecule is CC(=O)Nc1cc(C#N)cc2c1CCN2Sc1cccc2c(=O)[nH]cc(Cl)c12. The van der Waals surface area contributed by atoms with Crippen LogP contribution in [0.1, 0.15) is 18.1 Å². The number of H-pyrrole nitrogens is 1. The van der Waals surface area contributed by atoms with Crippen LogP contribution in [0.25, 0.3) is 10.8 Å². The predicted octanol–water partition coefficient (Wildman–Crippen LogP) is 4.08. The lowest BCUT2D eigenvalue weighted by Gasteiger charge is -2.20. The molecule has 0 spiro atoms. The van der Waals surface area contributed by atoms with E-state index in [9.17, 15) is 14.9 Å². The van der Waals surface area contributed by atoms with Gasteiger partial charge in [0.05, 0.1) is 22.3 Å². The molecule has 1 aliphatic heterocycles. The molecule has 0 saturated heterocycles. The molecule has 0 aliphatic carbocycles. The van der Waals surface area contributed by atoms with Crippen LogP contribution in [-0.2, 0) is 11.2 Å². The lowest BCUT2D eigenvalue weighted by atomic mass is 10.1. The van der Waals surface area contributed by atoms with E-state index < -0.39 is 0 Å². The highest BCUT2D eigenvalue weighted by molar-refractivity contribution is 8.01. The fraction of sp³-hybridized carbons (Fsp3) is 0.150. The van der Waals surface area contributed by atoms with E-state index in [1.807, 2.05) is 18.2 Å². The average Bonchev–Trinajstić information content (AvgIpc) is 3.07. The topological polar surface area (TPSA) is 89.0 Å². The summed E-state index contributed by atoms with van der Waals surface area (Å²) in [5.41, 5.74) is 2.82. The van der Waals surface area contributed by atoms with E-state index in [4.69, 9.17) is 11.6 Å². The van der Waals surface area contributed by atoms with E-state index in [1.165, 1.54) is 25.1 Å². The number of carbonyl (C=O) groups excluding carboxylic acids is 1. The molecule has 1 aromatic heterocycles. The van der Waals surface area contributed by atoms with Gasteiger partial charge in [0, 0.05) is 46.6 Å². The van der Waals surface area contributed by atoms with Gasteiger partial charge in [-0.15, -0.1) is 0 Å². The van der Waals surface area contributed by atoms with Gasteiger partial charge >= 0.3 is 0 Å². The number of aromatic nitrogens is 1. The van der Waals surface area contributed by atoms with Crippen molar-refractivity contribution >= 4 is 51.6 Å². The molecule has 2 aromatic carbocycles. The summed E-state index contributed by atoms with van der Waals surface area (Å²) in [7, 11) is 0. The van der Waals surface area contributed by atoms with Gasteiger partial charge in [-0.2, -0.15) is 5.26 Å². The van der Waals surface area contributed by atoms with Crippen molar-refractivity contribution in [3.05, 3.63) is 63.0 Å². The Hall–Kier alpha value is -2.95. The van der Waals surface area contributed by atoms with E-state index in [0.29, 0.717) is 33.6 Å². The van der Waals surface area contributed by atoms with Gasteiger partial charge in [-0.25, -0.2) is 0 Å². The summed E-state index contributed by atoms with van der Waals surface area (Å²) in [4.78, 5) is 27.2. The molecular formula is C20H15ClN4O2S. The van der Waals surface area contributed by atoms with E-state index in [0.717, 1.165) is 22.6 Å². The maximum Gasteiger partial charge on any atom is 0.255 e. The molecule has 140 valence electrons. The molecule has 2 N–H and O–H groups in total. The minimum Gasteiger partial charge on any atom is -0.327 e. The van der Waals surface area contributed by atoms with Gasteiger partial charge in [-0.05, 0) is 42.6 Å². The maximum absolute atomic E-state index is 12.1. The van der Waals surface area contributed by atoms with Gasteiger partial charge in [-0.3, -0.25) is 9.59 Å². The normalized spacial score (nSPS) is 12.7. The third-order valence-corrected chi connectivity index (χ3v) is 5.98. The largest absolute Gasteiger partial charge is 0.327 e. The standard InChI is InChI=1S/C20H15ClN4O2S/c1-11(26)24-16-7-12(9-22)8-17-13(16)5-6-25(17)28-18-4-2-3-14-19(18)15(21)10-23-20(14)27/h2-4,7-8,10H,5-6H2,1H3,(H,23,27)(H,24,26). The van der Waals surface area contributed by atoms with Crippen molar-refractivity contribution in [2.75, 3.05) is 16.2 Å². The number of amides is 1. The van der Waals surface area contributed by atoms with Crippen molar-refractivity contribution in [2.24, 2.45) is 0 Å². The summed E-state index contributed by atoms with van der Waals surface area (Å²) in [6.07, 6.45) is 2.24. The zero-order valence-corrected chi connectivity index (χ0v) is 16.4. The van der Waals surface area contributed by atoms with Crippen molar-refractivity contribution in [1.82, 2.24) is 4.98 Å². The second kappa shape index (κ2) is 7.23. The first-order valence-electron chi connectivity index (χ1n) is 8.58. The average molecular weight is 411 g/mol. The van der Waals surface area contributed by atoms with Crippen LogP contribution in [-0.4, -0.2) is 17.4 Å². The van der Waals surface area contributed by atoms with Crippen LogP contribution < -0.4 is 15.2 Å². The second-order valence-corrected chi connectivity index (χ2v) is 7.87. The number of fused-ring (bicyclic) bond motifs is 2. The first-order chi connectivity index (χ1) is 13.5. The number of aromatic amines is 1. The smallest absolute Gasteiger partial charge is 0.255 e. The van der Waals surface area contributed by atoms with E-state index in [1.54, 1.807) is 12.1 Å². The van der Waals surface area contributed by atoms with Crippen LogP contribution >= 0.6 is 23.5 Å². The van der Waals surface area contributed by atoms with Crippen molar-refractivity contribution in [1.29, 1.82) is 5.26 Å². The highest BCUT2D eigenvalue weighted by Crippen LogP contribution is 2.42. The Morgan fingerprint density at radius 1 is 1.39 bits per heavy atom. The lowest BCUT2D eigenvalue weighted by Crippen LogP contribution is -2.11. The van der Waals surface area contributed by atoms with Crippen molar-refractivity contribution < 1.29 is 4.79 Å². The van der Waals surface area contributed by atoms with E-state index in [-0.39, 0.29) is 11.5 Å². The fourth-order valence-electron chi connectivity index (χ4n) is 3.38. The lowest BCUT2D eigenvalue weighted by molar-refractivity contribution is -0.114. The minimum absolute atomic E-state index is 0.177. The molecule has 0 saturated carbocycles. The molecule has 0 radical (unpaired) electrons. The summed E-state index contributed by atoms with van der Waals surface area (Å²) < 4.78 is 2.06. The molecule has 0 atom stereocenters. The molecule has 2 heterocycles. The number of nitrogens with one attached hydrogen (secondary N) is 2. The number of hydrogen-bond donors (Lipinski definition) is 2. The number of anilines is 2. The number of rotatable bonds is 3. The molecular weight excluding hydrogens is 396 g/mol. The van der Waals surface area contributed by atoms with E-state index >= 15 is 0 Å². The highest BCUT2D eigenvalue weighted by atomic mass is 35.5. The maximum atomic E-state index is 12.1. The van der Waals surface area contributed by atoms with Crippen LogP contribution in [0, 0.1) is 11.3 Å². The zero-order valence-electron chi connectivity index (χ0n) is 14.9. The first kappa shape index (κ1) is 18.4. The summed E-state index contributed by atoms with van der Waals surface area (Å²) in [5, 5.41) is 13.9. The number of pyridine rings is 1. The van der Waals surface area contributed by atoms with Gasteiger partial charge in [0.15, 0.2) is 0 Å².